The highest BCUT2D eigenvalue weighted by Gasteiger charge is 2.02. The van der Waals surface area contributed by atoms with Crippen molar-refractivity contribution in [2.75, 3.05) is 12.0 Å². The lowest BCUT2D eigenvalue weighted by atomic mass is 10.1. The van der Waals surface area contributed by atoms with E-state index in [2.05, 4.69) is 15.8 Å². The quantitative estimate of drug-likeness (QED) is 0.465. The lowest BCUT2D eigenvalue weighted by molar-refractivity contribution is 1.02. The molecule has 0 saturated carbocycles. The SMILES string of the molecule is N#CCN=NNc1ccc(C#N)cc1C#N. The number of nitrogens with one attached hydrogen (secondary N) is 1. The van der Waals surface area contributed by atoms with E-state index in [0.717, 1.165) is 0 Å². The summed E-state index contributed by atoms with van der Waals surface area (Å²) < 4.78 is 0. The molecule has 1 N–H and O–H groups in total. The molecule has 6 heteroatoms. The van der Waals surface area contributed by atoms with Crippen LogP contribution in [-0.4, -0.2) is 6.54 Å². The summed E-state index contributed by atoms with van der Waals surface area (Å²) in [4.78, 5) is 0. The molecule has 0 fully saturated rings. The third kappa shape index (κ3) is 2.80. The first-order chi connectivity index (χ1) is 7.81. The fourth-order valence-electron chi connectivity index (χ4n) is 0.960. The maximum atomic E-state index is 8.82. The van der Waals surface area contributed by atoms with E-state index < -0.39 is 0 Å². The molecule has 76 valence electrons. The summed E-state index contributed by atoms with van der Waals surface area (Å²) in [6, 6.07) is 10.2. The monoisotopic (exact) mass is 210 g/mol. The first-order valence-electron chi connectivity index (χ1n) is 4.25. The number of hydrogen-bond donors (Lipinski definition) is 1. The van der Waals surface area contributed by atoms with Crippen molar-refractivity contribution >= 4 is 5.69 Å². The Kier molecular flexibility index (Phi) is 4.01. The zero-order valence-electron chi connectivity index (χ0n) is 8.18. The van der Waals surface area contributed by atoms with Crippen LogP contribution in [0.4, 0.5) is 5.69 Å². The van der Waals surface area contributed by atoms with Gasteiger partial charge in [-0.15, -0.1) is 0 Å². The highest BCUT2D eigenvalue weighted by atomic mass is 15.4. The maximum Gasteiger partial charge on any atom is 0.149 e. The van der Waals surface area contributed by atoms with Gasteiger partial charge in [-0.05, 0) is 18.2 Å². The molecule has 0 atom stereocenters. The molecule has 0 aliphatic rings. The second-order valence-corrected chi connectivity index (χ2v) is 2.65. The van der Waals surface area contributed by atoms with Crippen molar-refractivity contribution in [1.82, 2.24) is 0 Å². The standard InChI is InChI=1S/C10H6N6/c11-3-4-14-16-15-10-2-1-8(6-12)5-9(10)7-13/h1-2,5H,4H2,(H,14,15). The fraction of sp³-hybridized carbons (Fsp3) is 0.100. The first kappa shape index (κ1) is 11.2. The lowest BCUT2D eigenvalue weighted by Gasteiger charge is -2.01. The molecule has 1 aromatic rings. The summed E-state index contributed by atoms with van der Waals surface area (Å²) in [7, 11) is 0. The molecule has 0 spiro atoms. The van der Waals surface area contributed by atoms with Crippen LogP contribution in [0.3, 0.4) is 0 Å². The Bertz CT molecular complexity index is 526. The van der Waals surface area contributed by atoms with Crippen molar-refractivity contribution in [2.24, 2.45) is 10.3 Å². The molecule has 0 bridgehead atoms. The van der Waals surface area contributed by atoms with E-state index in [9.17, 15) is 0 Å². The van der Waals surface area contributed by atoms with Crippen molar-refractivity contribution in [2.45, 2.75) is 0 Å². The van der Waals surface area contributed by atoms with Crippen LogP contribution in [0.25, 0.3) is 0 Å². The zero-order valence-corrected chi connectivity index (χ0v) is 8.18. The third-order valence-electron chi connectivity index (χ3n) is 1.65. The summed E-state index contributed by atoms with van der Waals surface area (Å²) in [5.74, 6) is 0. The largest absolute Gasteiger partial charge is 0.259 e. The van der Waals surface area contributed by atoms with Gasteiger partial charge in [0.25, 0.3) is 0 Å². The topological polar surface area (TPSA) is 108 Å². The van der Waals surface area contributed by atoms with Gasteiger partial charge in [-0.1, -0.05) is 5.22 Å². The Morgan fingerprint density at radius 1 is 1.19 bits per heavy atom. The van der Waals surface area contributed by atoms with Gasteiger partial charge < -0.3 is 0 Å². The molecule has 0 unspecified atom stereocenters. The second kappa shape index (κ2) is 5.74. The molecule has 0 heterocycles. The Balaban J connectivity index is 2.87. The predicted octanol–water partition coefficient (Wildman–Crippen LogP) is 1.73. The Morgan fingerprint density at radius 3 is 2.62 bits per heavy atom. The van der Waals surface area contributed by atoms with Gasteiger partial charge in [0, 0.05) is 0 Å². The molecule has 6 nitrogen and oxygen atoms in total. The summed E-state index contributed by atoms with van der Waals surface area (Å²) in [6.07, 6.45) is 0. The van der Waals surface area contributed by atoms with E-state index in [1.54, 1.807) is 18.2 Å². The van der Waals surface area contributed by atoms with Crippen LogP contribution < -0.4 is 5.43 Å². The highest BCUT2D eigenvalue weighted by Crippen LogP contribution is 2.16. The van der Waals surface area contributed by atoms with E-state index in [4.69, 9.17) is 15.8 Å². The number of anilines is 1. The van der Waals surface area contributed by atoms with Gasteiger partial charge in [-0.3, -0.25) is 5.43 Å². The van der Waals surface area contributed by atoms with Gasteiger partial charge in [0.1, 0.15) is 12.6 Å². The average Bonchev–Trinajstić information content (AvgIpc) is 2.34. The van der Waals surface area contributed by atoms with Gasteiger partial charge >= 0.3 is 0 Å². The van der Waals surface area contributed by atoms with E-state index in [1.807, 2.05) is 12.1 Å². The highest BCUT2D eigenvalue weighted by molar-refractivity contribution is 5.59. The minimum atomic E-state index is -0.0504. The number of nitrogens with zero attached hydrogens (tertiary/aromatic N) is 5. The third-order valence-corrected chi connectivity index (χ3v) is 1.65. The first-order valence-corrected chi connectivity index (χ1v) is 4.25. The van der Waals surface area contributed by atoms with E-state index in [1.165, 1.54) is 6.07 Å². The van der Waals surface area contributed by atoms with E-state index >= 15 is 0 Å². The summed E-state index contributed by atoms with van der Waals surface area (Å²) in [5, 5.41) is 32.7. The number of rotatable bonds is 3. The van der Waals surface area contributed by atoms with Crippen LogP contribution in [0.5, 0.6) is 0 Å². The van der Waals surface area contributed by atoms with Gasteiger partial charge in [0.05, 0.1) is 29.0 Å². The second-order valence-electron chi connectivity index (χ2n) is 2.65. The molecular weight excluding hydrogens is 204 g/mol. The molecular formula is C10H6N6. The van der Waals surface area contributed by atoms with Crippen LogP contribution in [0.15, 0.2) is 28.5 Å². The zero-order chi connectivity index (χ0) is 11.8. The van der Waals surface area contributed by atoms with Gasteiger partial charge in [-0.2, -0.15) is 20.9 Å². The van der Waals surface area contributed by atoms with Crippen LogP contribution in [-0.2, 0) is 0 Å². The van der Waals surface area contributed by atoms with Crippen LogP contribution in [0.1, 0.15) is 11.1 Å². The molecule has 1 aromatic carbocycles. The normalized spacial score (nSPS) is 9.06. The average molecular weight is 210 g/mol. The van der Waals surface area contributed by atoms with Crippen molar-refractivity contribution in [3.63, 3.8) is 0 Å². The van der Waals surface area contributed by atoms with Crippen molar-refractivity contribution in [3.05, 3.63) is 29.3 Å². The van der Waals surface area contributed by atoms with Crippen molar-refractivity contribution in [1.29, 1.82) is 15.8 Å². The van der Waals surface area contributed by atoms with E-state index in [-0.39, 0.29) is 6.54 Å². The lowest BCUT2D eigenvalue weighted by Crippen LogP contribution is -1.92. The summed E-state index contributed by atoms with van der Waals surface area (Å²) in [5.41, 5.74) is 3.67. The van der Waals surface area contributed by atoms with Crippen molar-refractivity contribution < 1.29 is 0 Å². The molecule has 1 rings (SSSR count). The van der Waals surface area contributed by atoms with Gasteiger partial charge in [-0.25, -0.2) is 0 Å². The smallest absolute Gasteiger partial charge is 0.149 e. The minimum Gasteiger partial charge on any atom is -0.259 e. The molecule has 0 amide bonds. The predicted molar refractivity (Wildman–Crippen MR) is 54.8 cm³/mol. The van der Waals surface area contributed by atoms with Crippen molar-refractivity contribution in [3.8, 4) is 18.2 Å². The van der Waals surface area contributed by atoms with E-state index in [0.29, 0.717) is 16.8 Å². The maximum absolute atomic E-state index is 8.82. The summed E-state index contributed by atoms with van der Waals surface area (Å²) >= 11 is 0. The number of nitriles is 3. The fourth-order valence-corrected chi connectivity index (χ4v) is 0.960. The number of hydrogen-bond acceptors (Lipinski definition) is 5. The van der Waals surface area contributed by atoms with Gasteiger partial charge in [0.2, 0.25) is 0 Å². The summed E-state index contributed by atoms with van der Waals surface area (Å²) in [6.45, 7) is -0.0504. The van der Waals surface area contributed by atoms with Crippen LogP contribution >= 0.6 is 0 Å². The molecule has 0 radical (unpaired) electrons. The van der Waals surface area contributed by atoms with Crippen LogP contribution in [0.2, 0.25) is 0 Å². The Labute approximate surface area is 92.0 Å². The molecule has 0 aromatic heterocycles. The molecule has 0 aliphatic heterocycles. The van der Waals surface area contributed by atoms with Gasteiger partial charge in [0.15, 0.2) is 0 Å². The Morgan fingerprint density at radius 2 is 2.00 bits per heavy atom. The Hall–Kier alpha value is -2.91. The number of benzene rings is 1. The van der Waals surface area contributed by atoms with Crippen LogP contribution in [0, 0.1) is 34.0 Å². The molecule has 0 saturated heterocycles. The molecule has 0 aliphatic carbocycles. The molecule has 16 heavy (non-hydrogen) atoms. The minimum absolute atomic E-state index is 0.0504.